The van der Waals surface area contributed by atoms with E-state index in [1.54, 1.807) is 24.3 Å². The normalized spacial score (nSPS) is 13.6. The number of benzene rings is 3. The largest absolute Gasteiger partial charge is 0.346 e. The van der Waals surface area contributed by atoms with Gasteiger partial charge in [0.2, 0.25) is 5.91 Å². The molecule has 1 saturated carbocycles. The molecule has 0 saturated heterocycles. The Hall–Kier alpha value is -4.00. The predicted molar refractivity (Wildman–Crippen MR) is 124 cm³/mol. The number of nitrogens with one attached hydrogen (secondary N) is 3. The van der Waals surface area contributed by atoms with Gasteiger partial charge in [0.15, 0.2) is 0 Å². The molecule has 0 bridgehead atoms. The van der Waals surface area contributed by atoms with Gasteiger partial charge in [-0.3, -0.25) is 14.4 Å². The smallest absolute Gasteiger partial charge is 0.255 e. The molecule has 4 rings (SSSR count). The third kappa shape index (κ3) is 5.83. The number of carbonyl (C=O) groups excluding carboxylic acids is 3. The second-order valence-corrected chi connectivity index (χ2v) is 8.12. The van der Waals surface area contributed by atoms with E-state index in [2.05, 4.69) is 16.0 Å². The minimum atomic E-state index is -0.419. The molecule has 1 atom stereocenters. The highest BCUT2D eigenvalue weighted by atomic mass is 19.1. The predicted octanol–water partition coefficient (Wildman–Crippen LogP) is 4.92. The molecule has 1 unspecified atom stereocenters. The summed E-state index contributed by atoms with van der Waals surface area (Å²) in [5.41, 5.74) is 2.80. The van der Waals surface area contributed by atoms with Gasteiger partial charge in [0.05, 0.1) is 6.04 Å². The van der Waals surface area contributed by atoms with Crippen LogP contribution in [0.1, 0.15) is 52.1 Å². The molecule has 3 aromatic carbocycles. The van der Waals surface area contributed by atoms with E-state index in [-0.39, 0.29) is 23.8 Å². The Balaban J connectivity index is 1.36. The average molecular weight is 445 g/mol. The molecule has 3 N–H and O–H groups in total. The quantitative estimate of drug-likeness (QED) is 0.483. The van der Waals surface area contributed by atoms with Crippen molar-refractivity contribution in [3.63, 3.8) is 0 Å². The van der Waals surface area contributed by atoms with Gasteiger partial charge in [0, 0.05) is 28.4 Å². The number of hydrogen-bond acceptors (Lipinski definition) is 3. The summed E-state index contributed by atoms with van der Waals surface area (Å²) in [6.45, 7) is 1.87. The van der Waals surface area contributed by atoms with Crippen LogP contribution in [0.5, 0.6) is 0 Å². The number of carbonyl (C=O) groups is 3. The number of hydrogen-bond donors (Lipinski definition) is 3. The van der Waals surface area contributed by atoms with Gasteiger partial charge in [0.25, 0.3) is 11.8 Å². The Morgan fingerprint density at radius 1 is 0.818 bits per heavy atom. The van der Waals surface area contributed by atoms with Crippen molar-refractivity contribution in [2.75, 3.05) is 10.6 Å². The summed E-state index contributed by atoms with van der Waals surface area (Å²) in [7, 11) is 0. The first-order chi connectivity index (χ1) is 15.9. The minimum Gasteiger partial charge on any atom is -0.346 e. The Labute approximate surface area is 191 Å². The van der Waals surface area contributed by atoms with Crippen LogP contribution < -0.4 is 16.0 Å². The molecule has 3 amide bonds. The van der Waals surface area contributed by atoms with Gasteiger partial charge in [-0.25, -0.2) is 4.39 Å². The van der Waals surface area contributed by atoms with Crippen LogP contribution in [0.15, 0.2) is 72.8 Å². The molecule has 0 radical (unpaired) electrons. The maximum atomic E-state index is 13.1. The van der Waals surface area contributed by atoms with Gasteiger partial charge >= 0.3 is 0 Å². The molecule has 0 aliphatic heterocycles. The molecule has 0 spiro atoms. The fourth-order valence-corrected chi connectivity index (χ4v) is 3.35. The van der Waals surface area contributed by atoms with Gasteiger partial charge in [-0.05, 0) is 79.9 Å². The van der Waals surface area contributed by atoms with Crippen molar-refractivity contribution in [1.29, 1.82) is 0 Å². The van der Waals surface area contributed by atoms with Crippen molar-refractivity contribution in [2.45, 2.75) is 25.8 Å². The van der Waals surface area contributed by atoms with Crippen LogP contribution in [0.3, 0.4) is 0 Å². The van der Waals surface area contributed by atoms with E-state index in [9.17, 15) is 18.8 Å². The molecule has 168 valence electrons. The molecular weight excluding hydrogens is 421 g/mol. The average Bonchev–Trinajstić information content (AvgIpc) is 3.66. The maximum Gasteiger partial charge on any atom is 0.255 e. The standard InChI is InChI=1S/C26H24FN3O3/c1-16(17-9-13-22(14-10-17)29-24(31)18-5-6-18)28-26(33)20-3-2-4-23(15-20)30-25(32)19-7-11-21(27)12-8-19/h2-4,7-16,18H,5-6H2,1H3,(H,28,33)(H,29,31)(H,30,32). The van der Waals surface area contributed by atoms with Crippen molar-refractivity contribution >= 4 is 29.1 Å². The molecular formula is C26H24FN3O3. The highest BCUT2D eigenvalue weighted by Gasteiger charge is 2.29. The van der Waals surface area contributed by atoms with Crippen molar-refractivity contribution in [3.8, 4) is 0 Å². The topological polar surface area (TPSA) is 87.3 Å². The molecule has 0 heterocycles. The number of halogens is 1. The van der Waals surface area contributed by atoms with E-state index in [1.807, 2.05) is 31.2 Å². The van der Waals surface area contributed by atoms with Crippen LogP contribution in [-0.2, 0) is 4.79 Å². The summed E-state index contributed by atoms with van der Waals surface area (Å²) >= 11 is 0. The number of rotatable bonds is 7. The lowest BCUT2D eigenvalue weighted by atomic mass is 10.1. The zero-order valence-electron chi connectivity index (χ0n) is 18.1. The summed E-state index contributed by atoms with van der Waals surface area (Å²) in [6.07, 6.45) is 1.90. The Bertz CT molecular complexity index is 1170. The molecule has 1 fully saturated rings. The lowest BCUT2D eigenvalue weighted by molar-refractivity contribution is -0.117. The van der Waals surface area contributed by atoms with Crippen LogP contribution in [0.4, 0.5) is 15.8 Å². The van der Waals surface area contributed by atoms with Crippen molar-refractivity contribution in [1.82, 2.24) is 5.32 Å². The molecule has 6 nitrogen and oxygen atoms in total. The third-order valence-corrected chi connectivity index (χ3v) is 5.46. The minimum absolute atomic E-state index is 0.0514. The number of amides is 3. The molecule has 33 heavy (non-hydrogen) atoms. The molecule has 0 aromatic heterocycles. The summed E-state index contributed by atoms with van der Waals surface area (Å²) in [5, 5.41) is 8.55. The first-order valence-corrected chi connectivity index (χ1v) is 10.8. The zero-order valence-corrected chi connectivity index (χ0v) is 18.1. The van der Waals surface area contributed by atoms with Crippen molar-refractivity contribution < 1.29 is 18.8 Å². The van der Waals surface area contributed by atoms with Crippen molar-refractivity contribution in [2.24, 2.45) is 5.92 Å². The maximum absolute atomic E-state index is 13.1. The first kappa shape index (κ1) is 22.2. The molecule has 1 aliphatic carbocycles. The summed E-state index contributed by atoms with van der Waals surface area (Å²) in [6, 6.07) is 18.9. The van der Waals surface area contributed by atoms with Crippen LogP contribution >= 0.6 is 0 Å². The van der Waals surface area contributed by atoms with Crippen LogP contribution in [0.2, 0.25) is 0 Å². The summed E-state index contributed by atoms with van der Waals surface area (Å²) in [4.78, 5) is 37.0. The Morgan fingerprint density at radius 3 is 2.18 bits per heavy atom. The lowest BCUT2D eigenvalue weighted by Gasteiger charge is -2.16. The van der Waals surface area contributed by atoms with Gasteiger partial charge in [-0.2, -0.15) is 0 Å². The summed E-state index contributed by atoms with van der Waals surface area (Å²) in [5.74, 6) is -0.909. The van der Waals surface area contributed by atoms with Crippen LogP contribution in [0, 0.1) is 11.7 Å². The second kappa shape index (κ2) is 9.65. The van der Waals surface area contributed by atoms with Gasteiger partial charge in [-0.1, -0.05) is 18.2 Å². The van der Waals surface area contributed by atoms with Crippen LogP contribution in [-0.4, -0.2) is 17.7 Å². The van der Waals surface area contributed by atoms with E-state index in [0.29, 0.717) is 16.8 Å². The van der Waals surface area contributed by atoms with E-state index in [4.69, 9.17) is 0 Å². The van der Waals surface area contributed by atoms with E-state index < -0.39 is 11.7 Å². The zero-order chi connectivity index (χ0) is 23.4. The Kier molecular flexibility index (Phi) is 6.49. The van der Waals surface area contributed by atoms with E-state index >= 15 is 0 Å². The molecule has 7 heteroatoms. The second-order valence-electron chi connectivity index (χ2n) is 8.12. The lowest BCUT2D eigenvalue weighted by Crippen LogP contribution is -2.26. The van der Waals surface area contributed by atoms with Crippen LogP contribution in [0.25, 0.3) is 0 Å². The van der Waals surface area contributed by atoms with Crippen molar-refractivity contribution in [3.05, 3.63) is 95.3 Å². The molecule has 3 aromatic rings. The third-order valence-electron chi connectivity index (χ3n) is 5.46. The SMILES string of the molecule is CC(NC(=O)c1cccc(NC(=O)c2ccc(F)cc2)c1)c1ccc(NC(=O)C2CC2)cc1. The van der Waals surface area contributed by atoms with Gasteiger partial charge < -0.3 is 16.0 Å². The summed E-state index contributed by atoms with van der Waals surface area (Å²) < 4.78 is 13.1. The monoisotopic (exact) mass is 445 g/mol. The van der Waals surface area contributed by atoms with E-state index in [1.165, 1.54) is 24.3 Å². The fraction of sp³-hybridized carbons (Fsp3) is 0.192. The Morgan fingerprint density at radius 2 is 1.52 bits per heavy atom. The van der Waals surface area contributed by atoms with E-state index in [0.717, 1.165) is 24.1 Å². The highest BCUT2D eigenvalue weighted by Crippen LogP contribution is 2.30. The van der Waals surface area contributed by atoms with Gasteiger partial charge in [0.1, 0.15) is 5.82 Å². The molecule has 1 aliphatic rings. The fourth-order valence-electron chi connectivity index (χ4n) is 3.35. The number of anilines is 2. The highest BCUT2D eigenvalue weighted by molar-refractivity contribution is 6.05. The first-order valence-electron chi connectivity index (χ1n) is 10.8. The van der Waals surface area contributed by atoms with Gasteiger partial charge in [-0.15, -0.1) is 0 Å².